The Morgan fingerprint density at radius 2 is 2.10 bits per heavy atom. The molecule has 0 unspecified atom stereocenters. The molecule has 0 aromatic rings. The van der Waals surface area contributed by atoms with Gasteiger partial charge in [0.05, 0.1) is 13.2 Å². The minimum absolute atomic E-state index is 0.164. The summed E-state index contributed by atoms with van der Waals surface area (Å²) in [5.41, 5.74) is 1.12. The molecule has 0 aliphatic carbocycles. The fourth-order valence-electron chi connectivity index (χ4n) is 2.05. The van der Waals surface area contributed by atoms with Gasteiger partial charge in [-0.1, -0.05) is 39.0 Å². The van der Waals surface area contributed by atoms with Crippen molar-refractivity contribution < 1.29 is 9.53 Å². The Labute approximate surface area is 125 Å². The molecule has 0 saturated heterocycles. The molecule has 0 amide bonds. The van der Waals surface area contributed by atoms with E-state index in [1.807, 2.05) is 0 Å². The SMILES string of the molecule is C[C@@H]1CC(CO)=C[C@@H](/C=C/CO[Si](C)(C)C(C)(C)C)N1. The summed E-state index contributed by atoms with van der Waals surface area (Å²) in [5.74, 6) is 0. The smallest absolute Gasteiger partial charge is 0.192 e. The molecule has 1 aliphatic heterocycles. The van der Waals surface area contributed by atoms with Gasteiger partial charge in [-0.2, -0.15) is 0 Å². The summed E-state index contributed by atoms with van der Waals surface area (Å²) in [6, 6.07) is 0.627. The highest BCUT2D eigenvalue weighted by atomic mass is 28.4. The van der Waals surface area contributed by atoms with Crippen molar-refractivity contribution in [2.24, 2.45) is 0 Å². The fourth-order valence-corrected chi connectivity index (χ4v) is 3.00. The van der Waals surface area contributed by atoms with Crippen LogP contribution < -0.4 is 5.32 Å². The van der Waals surface area contributed by atoms with Crippen LogP contribution in [0.1, 0.15) is 34.1 Å². The lowest BCUT2D eigenvalue weighted by atomic mass is 9.99. The second-order valence-electron chi connectivity index (χ2n) is 7.28. The van der Waals surface area contributed by atoms with Crippen molar-refractivity contribution in [1.82, 2.24) is 5.32 Å². The van der Waals surface area contributed by atoms with Gasteiger partial charge in [0.15, 0.2) is 8.32 Å². The molecule has 116 valence electrons. The number of nitrogens with one attached hydrogen (secondary N) is 1. The molecular formula is C16H31NO2Si. The topological polar surface area (TPSA) is 41.5 Å². The highest BCUT2D eigenvalue weighted by Gasteiger charge is 2.36. The normalized spacial score (nSPS) is 25.1. The molecule has 1 rings (SSSR count). The summed E-state index contributed by atoms with van der Waals surface area (Å²) < 4.78 is 6.12. The van der Waals surface area contributed by atoms with E-state index in [4.69, 9.17) is 4.43 Å². The molecular weight excluding hydrogens is 266 g/mol. The first-order valence-electron chi connectivity index (χ1n) is 7.53. The predicted molar refractivity (Wildman–Crippen MR) is 88.5 cm³/mol. The third-order valence-electron chi connectivity index (χ3n) is 4.35. The highest BCUT2D eigenvalue weighted by Crippen LogP contribution is 2.36. The van der Waals surface area contributed by atoms with E-state index in [9.17, 15) is 5.11 Å². The first-order chi connectivity index (χ1) is 9.15. The molecule has 0 bridgehead atoms. The van der Waals surface area contributed by atoms with Gasteiger partial charge in [-0.15, -0.1) is 0 Å². The van der Waals surface area contributed by atoms with Crippen molar-refractivity contribution in [3.8, 4) is 0 Å². The Morgan fingerprint density at radius 1 is 1.45 bits per heavy atom. The van der Waals surface area contributed by atoms with E-state index in [-0.39, 0.29) is 17.7 Å². The quantitative estimate of drug-likeness (QED) is 0.605. The molecule has 3 nitrogen and oxygen atoms in total. The summed E-state index contributed by atoms with van der Waals surface area (Å²) in [6.07, 6.45) is 7.28. The van der Waals surface area contributed by atoms with E-state index in [1.54, 1.807) is 0 Å². The van der Waals surface area contributed by atoms with Gasteiger partial charge in [0.1, 0.15) is 0 Å². The van der Waals surface area contributed by atoms with Crippen LogP contribution in [0.25, 0.3) is 0 Å². The van der Waals surface area contributed by atoms with E-state index in [2.05, 4.69) is 64.3 Å². The van der Waals surface area contributed by atoms with Crippen molar-refractivity contribution >= 4 is 8.32 Å². The molecule has 0 aromatic heterocycles. The fraction of sp³-hybridized carbons (Fsp3) is 0.750. The minimum Gasteiger partial charge on any atom is -0.413 e. The lowest BCUT2D eigenvalue weighted by Crippen LogP contribution is -2.41. The molecule has 4 heteroatoms. The van der Waals surface area contributed by atoms with Gasteiger partial charge in [-0.3, -0.25) is 0 Å². The van der Waals surface area contributed by atoms with Gasteiger partial charge in [-0.05, 0) is 37.0 Å². The maximum absolute atomic E-state index is 9.26. The van der Waals surface area contributed by atoms with E-state index >= 15 is 0 Å². The second-order valence-corrected chi connectivity index (χ2v) is 12.1. The van der Waals surface area contributed by atoms with Gasteiger partial charge in [-0.25, -0.2) is 0 Å². The lowest BCUT2D eigenvalue weighted by Gasteiger charge is -2.35. The second kappa shape index (κ2) is 7.03. The largest absolute Gasteiger partial charge is 0.413 e. The van der Waals surface area contributed by atoms with E-state index in [1.165, 1.54) is 0 Å². The molecule has 0 aromatic carbocycles. The van der Waals surface area contributed by atoms with Crippen molar-refractivity contribution in [2.45, 2.75) is 64.3 Å². The third kappa shape index (κ3) is 5.17. The van der Waals surface area contributed by atoms with Crippen LogP contribution in [-0.4, -0.2) is 38.7 Å². The molecule has 0 fully saturated rings. The molecule has 0 saturated carbocycles. The number of aliphatic hydroxyl groups is 1. The zero-order valence-corrected chi connectivity index (χ0v) is 14.9. The van der Waals surface area contributed by atoms with Gasteiger partial charge in [0.25, 0.3) is 0 Å². The highest BCUT2D eigenvalue weighted by molar-refractivity contribution is 6.74. The van der Waals surface area contributed by atoms with Crippen LogP contribution in [-0.2, 0) is 4.43 Å². The maximum Gasteiger partial charge on any atom is 0.192 e. The summed E-state index contributed by atoms with van der Waals surface area (Å²) in [5, 5.41) is 13.0. The zero-order valence-electron chi connectivity index (χ0n) is 13.9. The average molecular weight is 298 g/mol. The first-order valence-corrected chi connectivity index (χ1v) is 10.4. The summed E-state index contributed by atoms with van der Waals surface area (Å²) >= 11 is 0. The Hall–Kier alpha value is -0.423. The summed E-state index contributed by atoms with van der Waals surface area (Å²) in [4.78, 5) is 0. The number of hydrogen-bond acceptors (Lipinski definition) is 3. The van der Waals surface area contributed by atoms with E-state index < -0.39 is 8.32 Å². The molecule has 20 heavy (non-hydrogen) atoms. The molecule has 0 radical (unpaired) electrons. The minimum atomic E-state index is -1.65. The average Bonchev–Trinajstić information content (AvgIpc) is 2.32. The summed E-state index contributed by atoms with van der Waals surface area (Å²) in [6.45, 7) is 14.3. The monoisotopic (exact) mass is 297 g/mol. The molecule has 2 atom stereocenters. The van der Waals surface area contributed by atoms with Crippen molar-refractivity contribution in [3.05, 3.63) is 23.8 Å². The van der Waals surface area contributed by atoms with Gasteiger partial charge < -0.3 is 14.8 Å². The van der Waals surface area contributed by atoms with Crippen LogP contribution in [0.5, 0.6) is 0 Å². The molecule has 1 aliphatic rings. The molecule has 2 N–H and O–H groups in total. The van der Waals surface area contributed by atoms with Crippen LogP contribution in [0.4, 0.5) is 0 Å². The molecule has 0 spiro atoms. The van der Waals surface area contributed by atoms with Gasteiger partial charge in [0.2, 0.25) is 0 Å². The van der Waals surface area contributed by atoms with Crippen LogP contribution >= 0.6 is 0 Å². The van der Waals surface area contributed by atoms with Crippen molar-refractivity contribution in [2.75, 3.05) is 13.2 Å². The predicted octanol–water partition coefficient (Wildman–Crippen LogP) is 3.23. The van der Waals surface area contributed by atoms with Crippen LogP contribution in [0.3, 0.4) is 0 Å². The Balaban J connectivity index is 2.49. The Bertz CT molecular complexity index is 369. The van der Waals surface area contributed by atoms with Crippen molar-refractivity contribution in [1.29, 1.82) is 0 Å². The first kappa shape index (κ1) is 17.6. The van der Waals surface area contributed by atoms with E-state index in [0.717, 1.165) is 12.0 Å². The molecule has 1 heterocycles. The van der Waals surface area contributed by atoms with Gasteiger partial charge in [0, 0.05) is 12.1 Å². The van der Waals surface area contributed by atoms with Crippen LogP contribution in [0.15, 0.2) is 23.8 Å². The van der Waals surface area contributed by atoms with Crippen LogP contribution in [0.2, 0.25) is 18.1 Å². The number of aliphatic hydroxyl groups excluding tert-OH is 1. The standard InChI is InChI=1S/C16H31NO2Si/c1-13-10-14(12-18)11-15(17-13)8-7-9-19-20(5,6)16(2,3)4/h7-8,11,13,15,17-18H,9-10,12H2,1-6H3/b8-7+/t13-,15-/m1/s1. The van der Waals surface area contributed by atoms with E-state index in [0.29, 0.717) is 12.6 Å². The zero-order chi connectivity index (χ0) is 15.4. The van der Waals surface area contributed by atoms with Crippen molar-refractivity contribution in [3.63, 3.8) is 0 Å². The Kier molecular flexibility index (Phi) is 6.19. The number of hydrogen-bond donors (Lipinski definition) is 2. The maximum atomic E-state index is 9.26. The Morgan fingerprint density at radius 3 is 2.65 bits per heavy atom. The summed E-state index contributed by atoms with van der Waals surface area (Å²) in [7, 11) is -1.65. The van der Waals surface area contributed by atoms with Crippen LogP contribution in [0, 0.1) is 0 Å². The number of rotatable bonds is 5. The third-order valence-corrected chi connectivity index (χ3v) is 8.85. The lowest BCUT2D eigenvalue weighted by molar-refractivity contribution is 0.315. The van der Waals surface area contributed by atoms with Gasteiger partial charge >= 0.3 is 0 Å².